The van der Waals surface area contributed by atoms with Crippen LogP contribution in [0, 0.1) is 0 Å². The van der Waals surface area contributed by atoms with Gasteiger partial charge in [-0.3, -0.25) is 0 Å². The van der Waals surface area contributed by atoms with Gasteiger partial charge >= 0.3 is 0 Å². The molecular formula is C12H13BrClNO. The highest BCUT2D eigenvalue weighted by Gasteiger charge is 2.44. The Kier molecular flexibility index (Phi) is 2.55. The van der Waals surface area contributed by atoms with Gasteiger partial charge in [-0.15, -0.1) is 0 Å². The molecule has 0 unspecified atom stereocenters. The molecule has 0 radical (unpaired) electrons. The molecule has 2 nitrogen and oxygen atoms in total. The zero-order valence-corrected chi connectivity index (χ0v) is 11.4. The molecule has 2 aliphatic heterocycles. The minimum Gasteiger partial charge on any atom is -0.369 e. The highest BCUT2D eigenvalue weighted by Crippen LogP contribution is 2.44. The van der Waals surface area contributed by atoms with Crippen LogP contribution in [0.15, 0.2) is 16.6 Å². The second-order valence-electron chi connectivity index (χ2n) is 4.71. The van der Waals surface area contributed by atoms with Crippen molar-refractivity contribution in [3.8, 4) is 0 Å². The summed E-state index contributed by atoms with van der Waals surface area (Å²) >= 11 is 9.76. The molecule has 0 spiro atoms. The summed E-state index contributed by atoms with van der Waals surface area (Å²) in [5.41, 5.74) is 2.42. The van der Waals surface area contributed by atoms with Gasteiger partial charge in [-0.2, -0.15) is 0 Å². The first-order valence-corrected chi connectivity index (χ1v) is 6.60. The van der Waals surface area contributed by atoms with Crippen molar-refractivity contribution in [2.75, 3.05) is 13.1 Å². The Balaban J connectivity index is 2.14. The van der Waals surface area contributed by atoms with Crippen LogP contribution in [0.4, 0.5) is 0 Å². The van der Waals surface area contributed by atoms with Crippen molar-refractivity contribution in [3.63, 3.8) is 0 Å². The topological polar surface area (TPSA) is 21.3 Å². The van der Waals surface area contributed by atoms with E-state index in [1.165, 1.54) is 5.56 Å². The van der Waals surface area contributed by atoms with Gasteiger partial charge in [-0.25, -0.2) is 0 Å². The third kappa shape index (κ3) is 1.46. The Morgan fingerprint density at radius 1 is 1.56 bits per heavy atom. The lowest BCUT2D eigenvalue weighted by molar-refractivity contribution is -0.0517. The highest BCUT2D eigenvalue weighted by molar-refractivity contribution is 9.10. The number of nitrogens with one attached hydrogen (secondary N) is 1. The smallest absolute Gasteiger partial charge is 0.0863 e. The number of halogens is 2. The van der Waals surface area contributed by atoms with E-state index in [-0.39, 0.29) is 5.60 Å². The zero-order chi connectivity index (χ0) is 11.3. The molecule has 0 saturated carbocycles. The molecule has 4 heteroatoms. The normalized spacial score (nSPS) is 32.3. The number of fused-ring (bicyclic) bond motifs is 3. The third-order valence-electron chi connectivity index (χ3n) is 3.72. The highest BCUT2D eigenvalue weighted by atomic mass is 79.9. The number of hydrogen-bond acceptors (Lipinski definition) is 2. The molecule has 1 N–H and O–H groups in total. The summed E-state index contributed by atoms with van der Waals surface area (Å²) in [6.45, 7) is 4.69. The molecule has 2 heterocycles. The molecule has 0 amide bonds. The molecule has 2 aliphatic rings. The van der Waals surface area contributed by atoms with Crippen molar-refractivity contribution < 1.29 is 4.74 Å². The lowest BCUT2D eigenvalue weighted by Crippen LogP contribution is -2.39. The Labute approximate surface area is 108 Å². The van der Waals surface area contributed by atoms with Crippen LogP contribution < -0.4 is 5.32 Å². The Bertz CT molecular complexity index is 451. The molecule has 0 bridgehead atoms. The molecule has 2 atom stereocenters. The van der Waals surface area contributed by atoms with Gasteiger partial charge in [0.05, 0.1) is 17.2 Å². The van der Waals surface area contributed by atoms with Crippen molar-refractivity contribution in [1.82, 2.24) is 5.32 Å². The van der Waals surface area contributed by atoms with E-state index in [9.17, 15) is 0 Å². The molecule has 16 heavy (non-hydrogen) atoms. The largest absolute Gasteiger partial charge is 0.369 e. The molecule has 1 aromatic carbocycles. The molecule has 0 aliphatic carbocycles. The summed E-state index contributed by atoms with van der Waals surface area (Å²) in [7, 11) is 0. The van der Waals surface area contributed by atoms with Crippen molar-refractivity contribution in [2.45, 2.75) is 25.0 Å². The lowest BCUT2D eigenvalue weighted by Gasteiger charge is -2.37. The van der Waals surface area contributed by atoms with Crippen LogP contribution >= 0.6 is 27.5 Å². The van der Waals surface area contributed by atoms with Crippen LogP contribution in [-0.4, -0.2) is 18.7 Å². The Morgan fingerprint density at radius 2 is 2.38 bits per heavy atom. The SMILES string of the molecule is C[C@@]12CNC[C@@H]1c1ccc(Br)c(Cl)c1CO2. The van der Waals surface area contributed by atoms with E-state index in [4.69, 9.17) is 16.3 Å². The Hall–Kier alpha value is -0.0900. The van der Waals surface area contributed by atoms with Crippen LogP contribution in [0.3, 0.4) is 0 Å². The third-order valence-corrected chi connectivity index (χ3v) is 5.04. The van der Waals surface area contributed by atoms with E-state index >= 15 is 0 Å². The maximum Gasteiger partial charge on any atom is 0.0863 e. The molecule has 1 aromatic rings. The van der Waals surface area contributed by atoms with Crippen LogP contribution in [0.1, 0.15) is 24.0 Å². The van der Waals surface area contributed by atoms with Gasteiger partial charge in [-0.1, -0.05) is 17.7 Å². The lowest BCUT2D eigenvalue weighted by atomic mass is 9.81. The first-order valence-electron chi connectivity index (χ1n) is 5.43. The van der Waals surface area contributed by atoms with E-state index in [0.29, 0.717) is 12.5 Å². The number of hydrogen-bond donors (Lipinski definition) is 1. The summed E-state index contributed by atoms with van der Waals surface area (Å²) < 4.78 is 6.93. The van der Waals surface area contributed by atoms with E-state index < -0.39 is 0 Å². The molecular weight excluding hydrogens is 289 g/mol. The van der Waals surface area contributed by atoms with Gasteiger partial charge in [0.25, 0.3) is 0 Å². The fraction of sp³-hybridized carbons (Fsp3) is 0.500. The average molecular weight is 303 g/mol. The summed E-state index contributed by atoms with van der Waals surface area (Å²) in [5.74, 6) is 0.418. The molecule has 1 saturated heterocycles. The van der Waals surface area contributed by atoms with E-state index in [0.717, 1.165) is 28.1 Å². The van der Waals surface area contributed by atoms with Gasteiger partial charge in [0.2, 0.25) is 0 Å². The van der Waals surface area contributed by atoms with E-state index in [2.05, 4.69) is 34.2 Å². The van der Waals surface area contributed by atoms with Crippen LogP contribution in [0.2, 0.25) is 5.02 Å². The summed E-state index contributed by atoms with van der Waals surface area (Å²) in [6, 6.07) is 4.20. The fourth-order valence-corrected chi connectivity index (χ4v) is 3.31. The Morgan fingerprint density at radius 3 is 3.19 bits per heavy atom. The second kappa shape index (κ2) is 3.70. The van der Waals surface area contributed by atoms with Crippen molar-refractivity contribution in [3.05, 3.63) is 32.8 Å². The number of rotatable bonds is 0. The van der Waals surface area contributed by atoms with Crippen molar-refractivity contribution in [2.24, 2.45) is 0 Å². The fourth-order valence-electron chi connectivity index (χ4n) is 2.71. The summed E-state index contributed by atoms with van der Waals surface area (Å²) in [6.07, 6.45) is 0. The summed E-state index contributed by atoms with van der Waals surface area (Å²) in [5, 5.41) is 4.20. The predicted octanol–water partition coefficient (Wildman–Crippen LogP) is 3.08. The van der Waals surface area contributed by atoms with Gasteiger partial charge in [0.15, 0.2) is 0 Å². The van der Waals surface area contributed by atoms with Crippen molar-refractivity contribution in [1.29, 1.82) is 0 Å². The van der Waals surface area contributed by atoms with Gasteiger partial charge in [0, 0.05) is 29.0 Å². The molecule has 3 rings (SSSR count). The first-order chi connectivity index (χ1) is 7.62. The van der Waals surface area contributed by atoms with E-state index in [1.807, 2.05) is 6.07 Å². The second-order valence-corrected chi connectivity index (χ2v) is 5.95. The maximum atomic E-state index is 6.30. The minimum absolute atomic E-state index is 0.0653. The van der Waals surface area contributed by atoms with Crippen molar-refractivity contribution >= 4 is 27.5 Å². The van der Waals surface area contributed by atoms with Gasteiger partial charge < -0.3 is 10.1 Å². The standard InChI is InChI=1S/C12H13BrClNO/c1-12-6-15-4-9(12)7-2-3-10(13)11(14)8(7)5-16-12/h2-3,9,15H,4-6H2,1H3/t9-,12-/m1/s1. The van der Waals surface area contributed by atoms with Crippen LogP contribution in [-0.2, 0) is 11.3 Å². The quantitative estimate of drug-likeness (QED) is 0.795. The van der Waals surface area contributed by atoms with Crippen LogP contribution in [0.5, 0.6) is 0 Å². The maximum absolute atomic E-state index is 6.30. The molecule has 1 fully saturated rings. The number of benzene rings is 1. The monoisotopic (exact) mass is 301 g/mol. The molecule has 86 valence electrons. The first kappa shape index (κ1) is 11.0. The molecule has 0 aromatic heterocycles. The number of ether oxygens (including phenoxy) is 1. The zero-order valence-electron chi connectivity index (χ0n) is 9.02. The van der Waals surface area contributed by atoms with Gasteiger partial charge in [-0.05, 0) is 34.5 Å². The average Bonchev–Trinajstić information content (AvgIpc) is 2.65. The van der Waals surface area contributed by atoms with E-state index in [1.54, 1.807) is 0 Å². The predicted molar refractivity (Wildman–Crippen MR) is 68.0 cm³/mol. The minimum atomic E-state index is -0.0653. The summed E-state index contributed by atoms with van der Waals surface area (Å²) in [4.78, 5) is 0. The van der Waals surface area contributed by atoms with Crippen LogP contribution in [0.25, 0.3) is 0 Å². The van der Waals surface area contributed by atoms with Gasteiger partial charge in [0.1, 0.15) is 0 Å².